The van der Waals surface area contributed by atoms with Crippen LogP contribution >= 0.6 is 0 Å². The van der Waals surface area contributed by atoms with Gasteiger partial charge in [0.1, 0.15) is 6.61 Å². The number of methoxy groups -OCH3 is 1. The molecule has 0 aromatic heterocycles. The summed E-state index contributed by atoms with van der Waals surface area (Å²) in [6.45, 7) is 0.970. The molecule has 0 radical (unpaired) electrons. The maximum absolute atomic E-state index is 11.8. The number of alkyl halides is 3. The van der Waals surface area contributed by atoms with E-state index >= 15 is 0 Å². The number of carbonyl (C=O) groups is 1. The van der Waals surface area contributed by atoms with E-state index in [9.17, 15) is 18.0 Å². The summed E-state index contributed by atoms with van der Waals surface area (Å²) >= 11 is 0. The molecule has 1 aliphatic rings. The van der Waals surface area contributed by atoms with Crippen LogP contribution < -0.4 is 0 Å². The molecule has 0 saturated heterocycles. The van der Waals surface area contributed by atoms with Crippen molar-refractivity contribution in [2.24, 2.45) is 0 Å². The van der Waals surface area contributed by atoms with Gasteiger partial charge in [0, 0.05) is 13.7 Å². The van der Waals surface area contributed by atoms with Gasteiger partial charge < -0.3 is 14.4 Å². The van der Waals surface area contributed by atoms with Gasteiger partial charge >= 0.3 is 12.1 Å². The van der Waals surface area contributed by atoms with Crippen LogP contribution in [0, 0.1) is 0 Å². The summed E-state index contributed by atoms with van der Waals surface area (Å²) in [6.07, 6.45) is 0.507. The van der Waals surface area contributed by atoms with E-state index < -0.39 is 12.1 Å². The van der Waals surface area contributed by atoms with Crippen molar-refractivity contribution < 1.29 is 27.4 Å². The van der Waals surface area contributed by atoms with Crippen LogP contribution in [0.4, 0.5) is 13.2 Å². The Morgan fingerprint density at radius 1 is 1.50 bits per heavy atom. The number of esters is 1. The standard InChI is InChI=1S/C11H14F3NO3/c1-17-8-9-2-4-15(5-3-9)6-7-18-10(16)11(12,13)14/h2-4H,5-8H2,1H3. The monoisotopic (exact) mass is 265 g/mol. The highest BCUT2D eigenvalue weighted by atomic mass is 19.4. The zero-order chi connectivity index (χ0) is 13.6. The SMILES string of the molecule is COCC1=CCN(CCOC(=O)C(F)(F)F)C=C1. The smallest absolute Gasteiger partial charge is 0.457 e. The second-order valence-electron chi connectivity index (χ2n) is 3.66. The van der Waals surface area contributed by atoms with Crippen molar-refractivity contribution in [3.63, 3.8) is 0 Å². The molecule has 4 nitrogen and oxygen atoms in total. The second-order valence-corrected chi connectivity index (χ2v) is 3.66. The minimum Gasteiger partial charge on any atom is -0.457 e. The Bertz CT molecular complexity index is 350. The number of carbonyl (C=O) groups excluding carboxylic acids is 1. The van der Waals surface area contributed by atoms with E-state index in [0.717, 1.165) is 5.57 Å². The molecular weight excluding hydrogens is 251 g/mol. The second kappa shape index (κ2) is 6.44. The molecule has 1 heterocycles. The van der Waals surface area contributed by atoms with E-state index in [2.05, 4.69) is 4.74 Å². The van der Waals surface area contributed by atoms with Gasteiger partial charge in [-0.3, -0.25) is 0 Å². The Hall–Kier alpha value is -1.50. The van der Waals surface area contributed by atoms with Crippen LogP contribution in [-0.2, 0) is 14.3 Å². The molecule has 0 aromatic rings. The lowest BCUT2D eigenvalue weighted by atomic mass is 10.2. The third-order valence-electron chi connectivity index (χ3n) is 2.24. The van der Waals surface area contributed by atoms with Gasteiger partial charge in [-0.1, -0.05) is 6.08 Å². The molecule has 7 heteroatoms. The molecule has 0 fully saturated rings. The number of rotatable bonds is 5. The van der Waals surface area contributed by atoms with Crippen LogP contribution in [0.1, 0.15) is 0 Å². The zero-order valence-electron chi connectivity index (χ0n) is 9.87. The molecule has 0 amide bonds. The Morgan fingerprint density at radius 2 is 2.22 bits per heavy atom. The first-order valence-corrected chi connectivity index (χ1v) is 5.27. The van der Waals surface area contributed by atoms with Crippen LogP contribution in [0.3, 0.4) is 0 Å². The molecule has 1 aliphatic heterocycles. The fraction of sp³-hybridized carbons (Fsp3) is 0.545. The summed E-state index contributed by atoms with van der Waals surface area (Å²) in [7, 11) is 1.58. The quantitative estimate of drug-likeness (QED) is 0.706. The van der Waals surface area contributed by atoms with Gasteiger partial charge in [0.25, 0.3) is 0 Å². The van der Waals surface area contributed by atoms with Crippen LogP contribution in [0.15, 0.2) is 23.9 Å². The van der Waals surface area contributed by atoms with Gasteiger partial charge in [-0.25, -0.2) is 4.79 Å². The zero-order valence-corrected chi connectivity index (χ0v) is 9.87. The predicted molar refractivity (Wildman–Crippen MR) is 57.7 cm³/mol. The van der Waals surface area contributed by atoms with Crippen LogP contribution in [0.5, 0.6) is 0 Å². The third kappa shape index (κ3) is 4.79. The summed E-state index contributed by atoms with van der Waals surface area (Å²) in [6, 6.07) is 0. The molecule has 0 spiro atoms. The van der Waals surface area contributed by atoms with E-state index in [1.165, 1.54) is 0 Å². The first-order chi connectivity index (χ1) is 8.43. The van der Waals surface area contributed by atoms with Crippen molar-refractivity contribution in [2.45, 2.75) is 6.18 Å². The summed E-state index contributed by atoms with van der Waals surface area (Å²) in [5, 5.41) is 0. The summed E-state index contributed by atoms with van der Waals surface area (Å²) in [4.78, 5) is 12.2. The lowest BCUT2D eigenvalue weighted by Gasteiger charge is -2.22. The summed E-state index contributed by atoms with van der Waals surface area (Å²) in [5.74, 6) is -2.15. The number of nitrogens with zero attached hydrogens (tertiary/aromatic N) is 1. The van der Waals surface area contributed by atoms with Crippen molar-refractivity contribution in [2.75, 3.05) is 33.4 Å². The van der Waals surface area contributed by atoms with E-state index in [0.29, 0.717) is 13.2 Å². The Labute approximate surface area is 103 Å². The Morgan fingerprint density at radius 3 is 2.72 bits per heavy atom. The van der Waals surface area contributed by atoms with E-state index in [1.54, 1.807) is 24.3 Å². The van der Waals surface area contributed by atoms with E-state index in [4.69, 9.17) is 4.74 Å². The lowest BCUT2D eigenvalue weighted by molar-refractivity contribution is -0.199. The van der Waals surface area contributed by atoms with Crippen molar-refractivity contribution in [3.8, 4) is 0 Å². The summed E-state index contributed by atoms with van der Waals surface area (Å²) < 4.78 is 44.5. The van der Waals surface area contributed by atoms with Crippen molar-refractivity contribution >= 4 is 5.97 Å². The van der Waals surface area contributed by atoms with Gasteiger partial charge in [-0.05, 0) is 17.8 Å². The van der Waals surface area contributed by atoms with Crippen LogP contribution in [-0.4, -0.2) is 50.5 Å². The number of hydrogen-bond acceptors (Lipinski definition) is 4. The van der Waals surface area contributed by atoms with Gasteiger partial charge in [-0.15, -0.1) is 0 Å². The first-order valence-electron chi connectivity index (χ1n) is 5.27. The molecule has 18 heavy (non-hydrogen) atoms. The Kier molecular flexibility index (Phi) is 5.21. The largest absolute Gasteiger partial charge is 0.490 e. The fourth-order valence-electron chi connectivity index (χ4n) is 1.34. The molecule has 0 atom stereocenters. The maximum Gasteiger partial charge on any atom is 0.490 e. The average Bonchev–Trinajstić information content (AvgIpc) is 2.30. The lowest BCUT2D eigenvalue weighted by Crippen LogP contribution is -2.30. The van der Waals surface area contributed by atoms with Gasteiger partial charge in [0.2, 0.25) is 0 Å². The van der Waals surface area contributed by atoms with Gasteiger partial charge in [0.15, 0.2) is 0 Å². The molecular formula is C11H14F3NO3. The third-order valence-corrected chi connectivity index (χ3v) is 2.24. The van der Waals surface area contributed by atoms with Crippen LogP contribution in [0.2, 0.25) is 0 Å². The highest BCUT2D eigenvalue weighted by molar-refractivity contribution is 5.75. The van der Waals surface area contributed by atoms with Gasteiger partial charge in [0.05, 0.1) is 13.2 Å². The first kappa shape index (κ1) is 14.6. The predicted octanol–water partition coefficient (Wildman–Crippen LogP) is 1.49. The van der Waals surface area contributed by atoms with Crippen molar-refractivity contribution in [1.82, 2.24) is 4.90 Å². The molecule has 0 N–H and O–H groups in total. The van der Waals surface area contributed by atoms with E-state index in [-0.39, 0.29) is 13.2 Å². The minimum absolute atomic E-state index is 0.217. The molecule has 1 rings (SSSR count). The minimum atomic E-state index is -4.93. The van der Waals surface area contributed by atoms with E-state index in [1.807, 2.05) is 6.08 Å². The Balaban J connectivity index is 2.24. The maximum atomic E-state index is 11.8. The van der Waals surface area contributed by atoms with Crippen LogP contribution in [0.25, 0.3) is 0 Å². The topological polar surface area (TPSA) is 38.8 Å². The number of hydrogen-bond donors (Lipinski definition) is 0. The van der Waals surface area contributed by atoms with Gasteiger partial charge in [-0.2, -0.15) is 13.2 Å². The average molecular weight is 265 g/mol. The molecule has 0 aromatic carbocycles. The van der Waals surface area contributed by atoms with Crippen molar-refractivity contribution in [1.29, 1.82) is 0 Å². The fourth-order valence-corrected chi connectivity index (χ4v) is 1.34. The molecule has 0 aliphatic carbocycles. The molecule has 102 valence electrons. The highest BCUT2D eigenvalue weighted by Crippen LogP contribution is 2.16. The normalized spacial score (nSPS) is 15.6. The highest BCUT2D eigenvalue weighted by Gasteiger charge is 2.40. The summed E-state index contributed by atoms with van der Waals surface area (Å²) in [5.41, 5.74) is 1.00. The molecule has 0 saturated carbocycles. The van der Waals surface area contributed by atoms with Crippen molar-refractivity contribution in [3.05, 3.63) is 23.9 Å². The number of ether oxygens (including phenoxy) is 2. The number of halogens is 3. The molecule has 0 unspecified atom stereocenters. The molecule has 0 bridgehead atoms.